The summed E-state index contributed by atoms with van der Waals surface area (Å²) in [4.78, 5) is 16.7. The summed E-state index contributed by atoms with van der Waals surface area (Å²) in [5.41, 5.74) is 6.54. The number of aliphatic hydroxyl groups is 1. The number of methoxy groups -OCH3 is 1. The number of hydrogen-bond donors (Lipinski definition) is 2. The van der Waals surface area contributed by atoms with Crippen molar-refractivity contribution in [1.29, 1.82) is 0 Å². The van der Waals surface area contributed by atoms with Gasteiger partial charge in [-0.15, -0.1) is 0 Å². The summed E-state index contributed by atoms with van der Waals surface area (Å²) in [6.07, 6.45) is 1.72. The molecule has 23 heavy (non-hydrogen) atoms. The molecule has 1 aromatic carbocycles. The van der Waals surface area contributed by atoms with Crippen molar-refractivity contribution in [3.05, 3.63) is 36.5 Å². The van der Waals surface area contributed by atoms with E-state index in [0.717, 1.165) is 30.8 Å². The summed E-state index contributed by atoms with van der Waals surface area (Å²) in [6, 6.07) is 7.10. The van der Waals surface area contributed by atoms with Gasteiger partial charge in [-0.1, -0.05) is 6.58 Å². The molecule has 0 aliphatic carbocycles. The molecule has 2 fully saturated rings. The number of β-lactam (4-membered cyclic amide) rings is 1. The molecule has 2 unspecified atom stereocenters. The molecule has 0 bridgehead atoms. The smallest absolute Gasteiger partial charge is 0.249 e. The van der Waals surface area contributed by atoms with Crippen LogP contribution in [0.2, 0.25) is 0 Å². The number of likely N-dealkylation sites (tertiary alicyclic amines) is 1. The molecule has 6 heteroatoms. The van der Waals surface area contributed by atoms with Gasteiger partial charge >= 0.3 is 0 Å². The van der Waals surface area contributed by atoms with Gasteiger partial charge < -0.3 is 20.5 Å². The Balaban J connectivity index is 1.80. The molecule has 1 aromatic rings. The third-order valence-corrected chi connectivity index (χ3v) is 4.96. The number of nitrogens with zero attached hydrogens (tertiary/aromatic N) is 2. The molecule has 2 heterocycles. The van der Waals surface area contributed by atoms with Crippen molar-refractivity contribution in [2.24, 2.45) is 5.73 Å². The maximum atomic E-state index is 12.9. The summed E-state index contributed by atoms with van der Waals surface area (Å²) < 4.78 is 5.15. The number of aliphatic hydroxyl groups excluding tert-OH is 1. The minimum Gasteiger partial charge on any atom is -0.497 e. The van der Waals surface area contributed by atoms with Gasteiger partial charge in [0.1, 0.15) is 11.3 Å². The predicted octanol–water partition coefficient (Wildman–Crippen LogP) is 0.710. The number of hydrogen-bond acceptors (Lipinski definition) is 5. The molecule has 3 N–H and O–H groups in total. The number of amides is 1. The van der Waals surface area contributed by atoms with Crippen molar-refractivity contribution in [2.45, 2.75) is 24.4 Å². The van der Waals surface area contributed by atoms with Crippen LogP contribution >= 0.6 is 0 Å². The summed E-state index contributed by atoms with van der Waals surface area (Å²) in [7, 11) is 1.61. The molecule has 0 radical (unpaired) electrons. The number of rotatable bonds is 5. The zero-order valence-electron chi connectivity index (χ0n) is 13.4. The first kappa shape index (κ1) is 15.8. The molecular formula is C17H23N3O3. The minimum atomic E-state index is -0.546. The third kappa shape index (κ3) is 2.38. The molecule has 124 valence electrons. The second-order valence-corrected chi connectivity index (χ2v) is 6.19. The fraction of sp³-hybridized carbons (Fsp3) is 0.471. The van der Waals surface area contributed by atoms with Crippen LogP contribution in [0.1, 0.15) is 12.8 Å². The normalized spacial score (nSPS) is 25.5. The Bertz CT molecular complexity index is 616. The van der Waals surface area contributed by atoms with Crippen LogP contribution in [-0.4, -0.2) is 54.3 Å². The van der Waals surface area contributed by atoms with Crippen LogP contribution in [0.3, 0.4) is 0 Å². The van der Waals surface area contributed by atoms with E-state index in [1.807, 2.05) is 29.2 Å². The summed E-state index contributed by atoms with van der Waals surface area (Å²) >= 11 is 0. The Labute approximate surface area is 136 Å². The Hall–Kier alpha value is -2.05. The zero-order chi connectivity index (χ0) is 16.6. The maximum Gasteiger partial charge on any atom is 0.249 e. The molecule has 2 aliphatic heterocycles. The third-order valence-electron chi connectivity index (χ3n) is 4.96. The first-order valence-corrected chi connectivity index (χ1v) is 7.81. The number of carbonyl (C=O) groups is 1. The lowest BCUT2D eigenvalue weighted by Gasteiger charge is -2.53. The second kappa shape index (κ2) is 5.86. The zero-order valence-corrected chi connectivity index (χ0v) is 13.4. The summed E-state index contributed by atoms with van der Waals surface area (Å²) in [5.74, 6) is 0.832. The maximum absolute atomic E-state index is 12.9. The highest BCUT2D eigenvalue weighted by Gasteiger charge is 2.59. The van der Waals surface area contributed by atoms with Gasteiger partial charge in [0.2, 0.25) is 5.91 Å². The highest BCUT2D eigenvalue weighted by Crippen LogP contribution is 2.42. The predicted molar refractivity (Wildman–Crippen MR) is 88.2 cm³/mol. The topological polar surface area (TPSA) is 79.0 Å². The number of anilines is 1. The number of nitrogens with two attached hydrogens (primary N) is 1. The van der Waals surface area contributed by atoms with Gasteiger partial charge in [0.15, 0.2) is 0 Å². The van der Waals surface area contributed by atoms with Crippen molar-refractivity contribution in [3.8, 4) is 5.75 Å². The molecule has 1 amide bonds. The second-order valence-electron chi connectivity index (χ2n) is 6.19. The van der Waals surface area contributed by atoms with Crippen molar-refractivity contribution in [1.82, 2.24) is 4.90 Å². The van der Waals surface area contributed by atoms with Crippen LogP contribution in [0, 0.1) is 0 Å². The number of ether oxygens (including phenoxy) is 1. The lowest BCUT2D eigenvalue weighted by atomic mass is 9.84. The van der Waals surface area contributed by atoms with E-state index in [9.17, 15) is 9.90 Å². The van der Waals surface area contributed by atoms with Crippen LogP contribution in [0.5, 0.6) is 5.75 Å². The van der Waals surface area contributed by atoms with Gasteiger partial charge in [-0.2, -0.15) is 0 Å². The van der Waals surface area contributed by atoms with Crippen molar-refractivity contribution in [3.63, 3.8) is 0 Å². The van der Waals surface area contributed by atoms with Crippen LogP contribution < -0.4 is 15.4 Å². The Morgan fingerprint density at radius 1 is 1.48 bits per heavy atom. The van der Waals surface area contributed by atoms with Gasteiger partial charge in [-0.3, -0.25) is 9.69 Å². The molecule has 2 saturated heterocycles. The fourth-order valence-corrected chi connectivity index (χ4v) is 3.70. The Morgan fingerprint density at radius 2 is 2.17 bits per heavy atom. The highest BCUT2D eigenvalue weighted by atomic mass is 16.5. The molecule has 2 atom stereocenters. The first-order chi connectivity index (χ1) is 11.0. The molecule has 0 saturated carbocycles. The van der Waals surface area contributed by atoms with Crippen LogP contribution in [0.25, 0.3) is 0 Å². The number of carbonyl (C=O) groups excluding carboxylic acids is 1. The molecular weight excluding hydrogens is 294 g/mol. The van der Waals surface area contributed by atoms with E-state index in [0.29, 0.717) is 12.2 Å². The van der Waals surface area contributed by atoms with Gasteiger partial charge in [-0.25, -0.2) is 0 Å². The Morgan fingerprint density at radius 3 is 2.70 bits per heavy atom. The van der Waals surface area contributed by atoms with E-state index in [1.165, 1.54) is 0 Å². The Kier molecular flexibility index (Phi) is 4.04. The van der Waals surface area contributed by atoms with Gasteiger partial charge in [0.05, 0.1) is 26.3 Å². The van der Waals surface area contributed by atoms with E-state index in [4.69, 9.17) is 10.5 Å². The lowest BCUT2D eigenvalue weighted by Crippen LogP contribution is -2.74. The lowest BCUT2D eigenvalue weighted by molar-refractivity contribution is -0.138. The van der Waals surface area contributed by atoms with Gasteiger partial charge in [0.25, 0.3) is 0 Å². The standard InChI is InChI=1S/C17H23N3O3/c1-12(18)15(10-21)20-9-3-8-17(20)11-19(16(17)22)13-4-6-14(23-2)7-5-13/h4-7,15,21H,1,3,8-11,18H2,2H3. The van der Waals surface area contributed by atoms with E-state index in [-0.39, 0.29) is 18.6 Å². The van der Waals surface area contributed by atoms with E-state index in [2.05, 4.69) is 6.58 Å². The number of benzene rings is 1. The van der Waals surface area contributed by atoms with Gasteiger partial charge in [0, 0.05) is 17.9 Å². The van der Waals surface area contributed by atoms with Crippen LogP contribution in [-0.2, 0) is 4.79 Å². The van der Waals surface area contributed by atoms with E-state index >= 15 is 0 Å². The highest BCUT2D eigenvalue weighted by molar-refractivity contribution is 6.07. The largest absolute Gasteiger partial charge is 0.497 e. The van der Waals surface area contributed by atoms with Crippen LogP contribution in [0.4, 0.5) is 5.69 Å². The van der Waals surface area contributed by atoms with Crippen molar-refractivity contribution in [2.75, 3.05) is 31.7 Å². The average Bonchev–Trinajstić information content (AvgIpc) is 2.99. The minimum absolute atomic E-state index is 0.0693. The molecule has 2 aliphatic rings. The molecule has 6 nitrogen and oxygen atoms in total. The average molecular weight is 317 g/mol. The van der Waals surface area contributed by atoms with Crippen LogP contribution in [0.15, 0.2) is 36.5 Å². The first-order valence-electron chi connectivity index (χ1n) is 7.81. The molecule has 3 rings (SSSR count). The van der Waals surface area contributed by atoms with Crippen molar-refractivity contribution >= 4 is 11.6 Å². The quantitative estimate of drug-likeness (QED) is 0.782. The fourth-order valence-electron chi connectivity index (χ4n) is 3.70. The van der Waals surface area contributed by atoms with E-state index in [1.54, 1.807) is 12.0 Å². The van der Waals surface area contributed by atoms with E-state index < -0.39 is 5.54 Å². The summed E-state index contributed by atoms with van der Waals surface area (Å²) in [6.45, 7) is 5.00. The SMILES string of the molecule is C=C(N)C(CO)N1CCCC12CN(c1ccc(OC)cc1)C2=O. The van der Waals surface area contributed by atoms with Crippen molar-refractivity contribution < 1.29 is 14.6 Å². The molecule has 0 aromatic heterocycles. The summed E-state index contributed by atoms with van der Waals surface area (Å²) in [5, 5.41) is 9.61. The molecule has 1 spiro atoms. The van der Waals surface area contributed by atoms with Gasteiger partial charge in [-0.05, 0) is 37.1 Å². The monoisotopic (exact) mass is 317 g/mol.